The molecule has 0 amide bonds. The first-order chi connectivity index (χ1) is 10.2. The van der Waals surface area contributed by atoms with Crippen molar-refractivity contribution in [3.63, 3.8) is 0 Å². The fourth-order valence-electron chi connectivity index (χ4n) is 2.16. The molecule has 0 saturated heterocycles. The minimum absolute atomic E-state index is 0.184. The van der Waals surface area contributed by atoms with Gasteiger partial charge in [0.1, 0.15) is 0 Å². The lowest BCUT2D eigenvalue weighted by Crippen LogP contribution is -2.02. The summed E-state index contributed by atoms with van der Waals surface area (Å²) in [7, 11) is 0. The van der Waals surface area contributed by atoms with E-state index in [1.54, 1.807) is 0 Å². The summed E-state index contributed by atoms with van der Waals surface area (Å²) in [6, 6.07) is 0. The molecule has 0 aromatic heterocycles. The fourth-order valence-corrected chi connectivity index (χ4v) is 2.16. The normalized spacial score (nSPS) is 13.2. The molecule has 2 N–H and O–H groups in total. The highest BCUT2D eigenvalue weighted by molar-refractivity contribution is 5.66. The van der Waals surface area contributed by atoms with Gasteiger partial charge in [0.15, 0.2) is 0 Å². The molecule has 0 unspecified atom stereocenters. The molecule has 1 atom stereocenters. The molecule has 3 nitrogen and oxygen atoms in total. The third-order valence-corrected chi connectivity index (χ3v) is 3.40. The molecule has 0 aromatic carbocycles. The second kappa shape index (κ2) is 15.3. The van der Waals surface area contributed by atoms with E-state index in [1.807, 2.05) is 0 Å². The van der Waals surface area contributed by atoms with Crippen molar-refractivity contribution in [1.29, 1.82) is 0 Å². The molecule has 0 radical (unpaired) electrons. The van der Waals surface area contributed by atoms with Gasteiger partial charge in [0.2, 0.25) is 0 Å². The van der Waals surface area contributed by atoms with Crippen LogP contribution in [0.2, 0.25) is 0 Å². The van der Waals surface area contributed by atoms with Crippen LogP contribution in [0.15, 0.2) is 24.3 Å². The lowest BCUT2D eigenvalue weighted by Gasteiger charge is -2.03. The first-order valence-electron chi connectivity index (χ1n) is 8.36. The standard InChI is InChI=1S/C18H32O3/c1-2-14-17(19)15-12-10-8-6-4-3-5-7-9-11-13-16-18(20)21/h4,6,10,12,17,19H,2-3,5,7-9,11,13-16H2,1H3,(H,20,21)/t17-/m0/s1. The molecule has 0 fully saturated rings. The second-order valence-electron chi connectivity index (χ2n) is 5.56. The largest absolute Gasteiger partial charge is 0.481 e. The molecule has 0 rings (SSSR count). The number of carboxylic acid groups (broad SMARTS) is 1. The average Bonchev–Trinajstić information content (AvgIpc) is 2.44. The molecule has 0 heterocycles. The van der Waals surface area contributed by atoms with Gasteiger partial charge in [-0.2, -0.15) is 0 Å². The first kappa shape index (κ1) is 19.9. The third kappa shape index (κ3) is 16.9. The van der Waals surface area contributed by atoms with Crippen molar-refractivity contribution >= 4 is 5.97 Å². The van der Waals surface area contributed by atoms with E-state index in [4.69, 9.17) is 5.11 Å². The van der Waals surface area contributed by atoms with Gasteiger partial charge >= 0.3 is 5.97 Å². The van der Waals surface area contributed by atoms with E-state index in [0.717, 1.165) is 51.4 Å². The van der Waals surface area contributed by atoms with Gasteiger partial charge in [0.25, 0.3) is 0 Å². The molecule has 3 heteroatoms. The highest BCUT2D eigenvalue weighted by atomic mass is 16.4. The van der Waals surface area contributed by atoms with E-state index in [1.165, 1.54) is 12.8 Å². The zero-order valence-corrected chi connectivity index (χ0v) is 13.5. The number of hydrogen-bond donors (Lipinski definition) is 2. The average molecular weight is 296 g/mol. The Kier molecular flexibility index (Phi) is 14.5. The number of aliphatic hydroxyl groups is 1. The monoisotopic (exact) mass is 296 g/mol. The van der Waals surface area contributed by atoms with Crippen molar-refractivity contribution in [3.05, 3.63) is 24.3 Å². The van der Waals surface area contributed by atoms with Crippen LogP contribution in [0, 0.1) is 0 Å². The Balaban J connectivity index is 3.29. The number of rotatable bonds is 14. The molecule has 0 spiro atoms. The number of carboxylic acids is 1. The molecule has 0 bridgehead atoms. The molecular formula is C18H32O3. The van der Waals surface area contributed by atoms with Crippen LogP contribution < -0.4 is 0 Å². The van der Waals surface area contributed by atoms with E-state index >= 15 is 0 Å². The van der Waals surface area contributed by atoms with Gasteiger partial charge in [0.05, 0.1) is 6.10 Å². The summed E-state index contributed by atoms with van der Waals surface area (Å²) in [4.78, 5) is 10.3. The number of aliphatic carboxylic acids is 1. The predicted octanol–water partition coefficient (Wildman–Crippen LogP) is 4.86. The summed E-state index contributed by atoms with van der Waals surface area (Å²) in [5, 5.41) is 18.0. The van der Waals surface area contributed by atoms with Crippen molar-refractivity contribution in [2.75, 3.05) is 0 Å². The van der Waals surface area contributed by atoms with Gasteiger partial charge < -0.3 is 10.2 Å². The van der Waals surface area contributed by atoms with Crippen LogP contribution in [0.1, 0.15) is 77.6 Å². The van der Waals surface area contributed by atoms with E-state index in [9.17, 15) is 9.90 Å². The topological polar surface area (TPSA) is 57.5 Å². The maximum absolute atomic E-state index is 10.3. The number of unbranched alkanes of at least 4 members (excludes halogenated alkanes) is 5. The van der Waals surface area contributed by atoms with Crippen LogP contribution in [0.3, 0.4) is 0 Å². The summed E-state index contributed by atoms with van der Waals surface area (Å²) in [5.74, 6) is -0.687. The number of carbonyl (C=O) groups is 1. The molecule has 0 aliphatic rings. The molecule has 0 saturated carbocycles. The Morgan fingerprint density at radius 2 is 1.67 bits per heavy atom. The summed E-state index contributed by atoms with van der Waals surface area (Å²) in [5.41, 5.74) is 0. The van der Waals surface area contributed by atoms with Crippen molar-refractivity contribution in [3.8, 4) is 0 Å². The lowest BCUT2D eigenvalue weighted by molar-refractivity contribution is -0.137. The van der Waals surface area contributed by atoms with Gasteiger partial charge in [0, 0.05) is 6.42 Å². The number of allylic oxidation sites excluding steroid dienone is 3. The maximum atomic E-state index is 10.3. The molecular weight excluding hydrogens is 264 g/mol. The lowest BCUT2D eigenvalue weighted by atomic mass is 10.1. The van der Waals surface area contributed by atoms with Crippen LogP contribution in [-0.4, -0.2) is 22.3 Å². The molecule has 0 aliphatic carbocycles. The Hall–Kier alpha value is -1.09. The van der Waals surface area contributed by atoms with Crippen LogP contribution in [-0.2, 0) is 4.79 Å². The van der Waals surface area contributed by atoms with Crippen molar-refractivity contribution in [2.45, 2.75) is 83.7 Å². The quantitative estimate of drug-likeness (QED) is 0.355. The van der Waals surface area contributed by atoms with Crippen LogP contribution in [0.4, 0.5) is 0 Å². The van der Waals surface area contributed by atoms with E-state index in [-0.39, 0.29) is 6.10 Å². The molecule has 0 aliphatic heterocycles. The Bertz CT molecular complexity index is 295. The van der Waals surface area contributed by atoms with Gasteiger partial charge in [-0.3, -0.25) is 4.79 Å². The second-order valence-corrected chi connectivity index (χ2v) is 5.56. The minimum Gasteiger partial charge on any atom is -0.481 e. The highest BCUT2D eigenvalue weighted by Crippen LogP contribution is 2.08. The summed E-state index contributed by atoms with van der Waals surface area (Å²) in [6.45, 7) is 2.09. The fraction of sp³-hybridized carbons (Fsp3) is 0.722. The van der Waals surface area contributed by atoms with Crippen molar-refractivity contribution in [2.24, 2.45) is 0 Å². The Morgan fingerprint density at radius 1 is 1.00 bits per heavy atom. The molecule has 0 aromatic rings. The maximum Gasteiger partial charge on any atom is 0.303 e. The van der Waals surface area contributed by atoms with E-state index in [2.05, 4.69) is 31.2 Å². The van der Waals surface area contributed by atoms with Gasteiger partial charge in [-0.05, 0) is 38.5 Å². The SMILES string of the molecule is CCC[C@H](O)CC=CCC=CCCCCCCCC(=O)O. The van der Waals surface area contributed by atoms with E-state index < -0.39 is 5.97 Å². The number of aliphatic hydroxyl groups excluding tert-OH is 1. The number of hydrogen-bond acceptors (Lipinski definition) is 2. The molecule has 122 valence electrons. The summed E-state index contributed by atoms with van der Waals surface area (Å²) < 4.78 is 0. The highest BCUT2D eigenvalue weighted by Gasteiger charge is 1.97. The van der Waals surface area contributed by atoms with Crippen LogP contribution in [0.5, 0.6) is 0 Å². The van der Waals surface area contributed by atoms with Crippen molar-refractivity contribution in [1.82, 2.24) is 0 Å². The van der Waals surface area contributed by atoms with Crippen LogP contribution >= 0.6 is 0 Å². The zero-order chi connectivity index (χ0) is 15.8. The third-order valence-electron chi connectivity index (χ3n) is 3.40. The van der Waals surface area contributed by atoms with Gasteiger partial charge in [-0.25, -0.2) is 0 Å². The predicted molar refractivity (Wildman–Crippen MR) is 88.4 cm³/mol. The Labute approximate surface area is 129 Å². The van der Waals surface area contributed by atoms with E-state index in [0.29, 0.717) is 6.42 Å². The van der Waals surface area contributed by atoms with Crippen LogP contribution in [0.25, 0.3) is 0 Å². The first-order valence-corrected chi connectivity index (χ1v) is 8.36. The van der Waals surface area contributed by atoms with Gasteiger partial charge in [-0.1, -0.05) is 56.9 Å². The molecule has 21 heavy (non-hydrogen) atoms. The summed E-state index contributed by atoms with van der Waals surface area (Å²) >= 11 is 0. The smallest absolute Gasteiger partial charge is 0.303 e. The van der Waals surface area contributed by atoms with Crippen molar-refractivity contribution < 1.29 is 15.0 Å². The minimum atomic E-state index is -0.687. The van der Waals surface area contributed by atoms with Gasteiger partial charge in [-0.15, -0.1) is 0 Å². The Morgan fingerprint density at radius 3 is 2.38 bits per heavy atom. The zero-order valence-electron chi connectivity index (χ0n) is 13.5. The summed E-state index contributed by atoms with van der Waals surface area (Å²) in [6.07, 6.45) is 18.7.